The van der Waals surface area contributed by atoms with E-state index in [2.05, 4.69) is 9.97 Å². The summed E-state index contributed by atoms with van der Waals surface area (Å²) in [4.78, 5) is 28.6. The number of H-pyrrole nitrogens is 1. The van der Waals surface area contributed by atoms with Crippen LogP contribution in [0.5, 0.6) is 0 Å². The fourth-order valence-electron chi connectivity index (χ4n) is 2.87. The van der Waals surface area contributed by atoms with Gasteiger partial charge in [0.25, 0.3) is 5.56 Å². The van der Waals surface area contributed by atoms with Gasteiger partial charge in [0.15, 0.2) is 0 Å². The lowest BCUT2D eigenvalue weighted by atomic mass is 9.96. The molecule has 1 fully saturated rings. The second-order valence-corrected chi connectivity index (χ2v) is 7.92. The Kier molecular flexibility index (Phi) is 7.48. The molecule has 3 rings (SSSR count). The van der Waals surface area contributed by atoms with Crippen LogP contribution in [0.3, 0.4) is 0 Å². The smallest absolute Gasteiger partial charge is 0.475 e. The summed E-state index contributed by atoms with van der Waals surface area (Å²) in [6.07, 6.45) is -0.526. The molecule has 0 unspecified atom stereocenters. The first kappa shape index (κ1) is 22.2. The number of nitrogens with two attached hydrogens (primary N) is 1. The fraction of sp³-hybridized carbons (Fsp3) is 0.500. The molecule has 1 saturated carbocycles. The number of carboxylic acid groups (broad SMARTS) is 1. The molecule has 1 heterocycles. The van der Waals surface area contributed by atoms with Crippen molar-refractivity contribution in [3.05, 3.63) is 39.9 Å². The van der Waals surface area contributed by atoms with E-state index in [1.54, 1.807) is 0 Å². The Balaban J connectivity index is 0.000000345. The van der Waals surface area contributed by atoms with Crippen molar-refractivity contribution in [3.8, 4) is 0 Å². The molecule has 28 heavy (non-hydrogen) atoms. The first-order valence-corrected chi connectivity index (χ1v) is 9.78. The van der Waals surface area contributed by atoms with Crippen LogP contribution in [0.1, 0.15) is 37.1 Å². The summed E-state index contributed by atoms with van der Waals surface area (Å²) in [5.74, 6) is -1.21. The lowest BCUT2D eigenvalue weighted by Gasteiger charge is -2.25. The monoisotopic (exact) mass is 417 g/mol. The molecule has 1 aliphatic rings. The third-order valence-corrected chi connectivity index (χ3v) is 5.79. The van der Waals surface area contributed by atoms with Crippen LogP contribution in [0, 0.1) is 6.92 Å². The number of halogens is 3. The van der Waals surface area contributed by atoms with Crippen molar-refractivity contribution >= 4 is 28.6 Å². The Labute approximate surface area is 163 Å². The molecule has 1 aromatic heterocycles. The second kappa shape index (κ2) is 9.42. The number of benzene rings is 1. The number of nitrogens with zero attached hydrogens (tertiary/aromatic N) is 1. The fourth-order valence-corrected chi connectivity index (χ4v) is 4.01. The Bertz CT molecular complexity index is 878. The summed E-state index contributed by atoms with van der Waals surface area (Å²) in [6.45, 7) is 1.99. The van der Waals surface area contributed by atoms with E-state index in [0.29, 0.717) is 16.7 Å². The van der Waals surface area contributed by atoms with Gasteiger partial charge in [-0.25, -0.2) is 9.78 Å². The summed E-state index contributed by atoms with van der Waals surface area (Å²) >= 11 is 1.89. The number of alkyl halides is 3. The van der Waals surface area contributed by atoms with Gasteiger partial charge in [-0.15, -0.1) is 0 Å². The molecule has 1 aromatic carbocycles. The number of aliphatic carboxylic acids is 1. The molecule has 0 amide bonds. The molecule has 0 saturated heterocycles. The molecular weight excluding hydrogens is 395 g/mol. The maximum atomic E-state index is 12.1. The topological polar surface area (TPSA) is 109 Å². The SMILES string of the molecule is Cc1cccc2c(=O)[nH]c(CS[C@H]3CC[C@@H](N)CC3)nc12.O=C(O)C(F)(F)F. The van der Waals surface area contributed by atoms with Crippen molar-refractivity contribution < 1.29 is 23.1 Å². The van der Waals surface area contributed by atoms with Crippen molar-refractivity contribution in [2.24, 2.45) is 5.73 Å². The Hall–Kier alpha value is -2.07. The Morgan fingerprint density at radius 2 is 1.93 bits per heavy atom. The number of carboxylic acids is 1. The molecule has 0 radical (unpaired) electrons. The minimum atomic E-state index is -5.08. The number of thioether (sulfide) groups is 1. The van der Waals surface area contributed by atoms with Gasteiger partial charge in [-0.2, -0.15) is 24.9 Å². The summed E-state index contributed by atoms with van der Waals surface area (Å²) in [5.41, 5.74) is 7.77. The normalized spacial score (nSPS) is 19.8. The standard InChI is InChI=1S/C16H21N3OS.C2HF3O2/c1-10-3-2-4-13-15(10)18-14(19-16(13)20)9-21-12-7-5-11(17)6-8-12;3-2(4,5)1(6)7/h2-4,11-12H,5-9,17H2,1H3,(H,18,19,20);(H,6,7)/t11-,12+;. The average molecular weight is 417 g/mol. The highest BCUT2D eigenvalue weighted by atomic mass is 32.2. The molecule has 0 aliphatic heterocycles. The maximum Gasteiger partial charge on any atom is 0.490 e. The van der Waals surface area contributed by atoms with Gasteiger partial charge in [0, 0.05) is 11.3 Å². The van der Waals surface area contributed by atoms with Crippen LogP contribution in [0.15, 0.2) is 23.0 Å². The number of nitrogens with one attached hydrogen (secondary N) is 1. The average Bonchev–Trinajstić information content (AvgIpc) is 2.62. The number of aromatic nitrogens is 2. The molecule has 4 N–H and O–H groups in total. The predicted molar refractivity (Wildman–Crippen MR) is 102 cm³/mol. The summed E-state index contributed by atoms with van der Waals surface area (Å²) in [7, 11) is 0. The molecule has 10 heteroatoms. The number of carbonyl (C=O) groups is 1. The quantitative estimate of drug-likeness (QED) is 0.707. The number of hydrogen-bond acceptors (Lipinski definition) is 5. The zero-order chi connectivity index (χ0) is 20.9. The number of fused-ring (bicyclic) bond motifs is 1. The maximum absolute atomic E-state index is 12.1. The lowest BCUT2D eigenvalue weighted by molar-refractivity contribution is -0.192. The van der Waals surface area contributed by atoms with Crippen molar-refractivity contribution in [2.45, 2.75) is 55.8 Å². The third kappa shape index (κ3) is 6.23. The predicted octanol–water partition coefficient (Wildman–Crippen LogP) is 3.37. The summed E-state index contributed by atoms with van der Waals surface area (Å²) < 4.78 is 31.7. The highest BCUT2D eigenvalue weighted by Crippen LogP contribution is 2.29. The van der Waals surface area contributed by atoms with Crippen LogP contribution in [0.25, 0.3) is 10.9 Å². The van der Waals surface area contributed by atoms with Crippen LogP contribution in [-0.4, -0.2) is 38.5 Å². The second-order valence-electron chi connectivity index (χ2n) is 6.63. The van der Waals surface area contributed by atoms with Crippen LogP contribution >= 0.6 is 11.8 Å². The number of aryl methyl sites for hydroxylation is 1. The first-order chi connectivity index (χ1) is 13.1. The zero-order valence-electron chi connectivity index (χ0n) is 15.3. The molecule has 6 nitrogen and oxygen atoms in total. The highest BCUT2D eigenvalue weighted by Gasteiger charge is 2.38. The first-order valence-electron chi connectivity index (χ1n) is 8.73. The van der Waals surface area contributed by atoms with Crippen molar-refractivity contribution in [1.82, 2.24) is 9.97 Å². The van der Waals surface area contributed by atoms with Gasteiger partial charge in [-0.1, -0.05) is 12.1 Å². The minimum Gasteiger partial charge on any atom is -0.475 e. The summed E-state index contributed by atoms with van der Waals surface area (Å²) in [5, 5.41) is 8.44. The molecular formula is C18H22F3N3O3S. The van der Waals surface area contributed by atoms with Crippen LogP contribution in [-0.2, 0) is 10.5 Å². The van der Waals surface area contributed by atoms with Gasteiger partial charge in [0.1, 0.15) is 5.82 Å². The van der Waals surface area contributed by atoms with E-state index >= 15 is 0 Å². The molecule has 0 atom stereocenters. The number of rotatable bonds is 3. The van der Waals surface area contributed by atoms with Crippen molar-refractivity contribution in [3.63, 3.8) is 0 Å². The molecule has 1 aliphatic carbocycles. The van der Waals surface area contributed by atoms with E-state index in [9.17, 15) is 18.0 Å². The van der Waals surface area contributed by atoms with Crippen molar-refractivity contribution in [1.29, 1.82) is 0 Å². The summed E-state index contributed by atoms with van der Waals surface area (Å²) in [6, 6.07) is 6.10. The molecule has 2 aromatic rings. The van der Waals surface area contributed by atoms with Gasteiger partial charge >= 0.3 is 12.1 Å². The van der Waals surface area contributed by atoms with E-state index in [0.717, 1.165) is 35.5 Å². The lowest BCUT2D eigenvalue weighted by Crippen LogP contribution is -2.27. The number of para-hydroxylation sites is 1. The third-order valence-electron chi connectivity index (χ3n) is 4.40. The van der Waals surface area contributed by atoms with E-state index in [-0.39, 0.29) is 5.56 Å². The Morgan fingerprint density at radius 3 is 2.50 bits per heavy atom. The largest absolute Gasteiger partial charge is 0.490 e. The zero-order valence-corrected chi connectivity index (χ0v) is 16.1. The Morgan fingerprint density at radius 1 is 1.32 bits per heavy atom. The number of aromatic amines is 1. The minimum absolute atomic E-state index is 0.0371. The molecule has 0 spiro atoms. The molecule has 0 bridgehead atoms. The van der Waals surface area contributed by atoms with Crippen molar-refractivity contribution in [2.75, 3.05) is 0 Å². The van der Waals surface area contributed by atoms with E-state index in [1.165, 1.54) is 12.8 Å². The van der Waals surface area contributed by atoms with Gasteiger partial charge in [-0.05, 0) is 44.2 Å². The van der Waals surface area contributed by atoms with Gasteiger partial charge < -0.3 is 15.8 Å². The van der Waals surface area contributed by atoms with Crippen LogP contribution in [0.4, 0.5) is 13.2 Å². The van der Waals surface area contributed by atoms with E-state index in [1.807, 2.05) is 36.9 Å². The van der Waals surface area contributed by atoms with Gasteiger partial charge in [0.05, 0.1) is 16.7 Å². The van der Waals surface area contributed by atoms with Crippen LogP contribution < -0.4 is 11.3 Å². The van der Waals surface area contributed by atoms with Gasteiger partial charge in [0.2, 0.25) is 0 Å². The highest BCUT2D eigenvalue weighted by molar-refractivity contribution is 7.99. The number of hydrogen-bond donors (Lipinski definition) is 3. The van der Waals surface area contributed by atoms with Crippen LogP contribution in [0.2, 0.25) is 0 Å². The van der Waals surface area contributed by atoms with E-state index < -0.39 is 12.1 Å². The van der Waals surface area contributed by atoms with E-state index in [4.69, 9.17) is 15.6 Å². The van der Waals surface area contributed by atoms with Gasteiger partial charge in [-0.3, -0.25) is 4.79 Å². The molecule has 154 valence electrons.